The molecular weight excluding hydrogens is 204 g/mol. The summed E-state index contributed by atoms with van der Waals surface area (Å²) in [7, 11) is 0. The lowest BCUT2D eigenvalue weighted by molar-refractivity contribution is 0.610. The third-order valence-electron chi connectivity index (χ3n) is 3.59. The van der Waals surface area contributed by atoms with E-state index >= 15 is 0 Å². The van der Waals surface area contributed by atoms with Crippen LogP contribution in [0.3, 0.4) is 0 Å². The van der Waals surface area contributed by atoms with Gasteiger partial charge in [0.05, 0.1) is 0 Å². The van der Waals surface area contributed by atoms with Crippen molar-refractivity contribution < 1.29 is 0 Å². The highest BCUT2D eigenvalue weighted by molar-refractivity contribution is 7.80. The Hall–Kier alpha value is -0.310. The molecule has 2 saturated carbocycles. The first kappa shape index (κ1) is 11.2. The van der Waals surface area contributed by atoms with Crippen LogP contribution >= 0.6 is 12.2 Å². The second-order valence-electron chi connectivity index (χ2n) is 4.99. The highest BCUT2D eigenvalue weighted by Crippen LogP contribution is 2.34. The van der Waals surface area contributed by atoms with Gasteiger partial charge in [-0.1, -0.05) is 26.2 Å². The smallest absolute Gasteiger partial charge is 0.166 e. The minimum atomic E-state index is 0.647. The van der Waals surface area contributed by atoms with Crippen molar-refractivity contribution in [3.8, 4) is 0 Å². The fraction of sp³-hybridized carbons (Fsp3) is 0.917. The summed E-state index contributed by atoms with van der Waals surface area (Å²) in [6.45, 7) is 2.25. The van der Waals surface area contributed by atoms with E-state index in [1.165, 1.54) is 44.9 Å². The Morgan fingerprint density at radius 3 is 2.67 bits per heavy atom. The van der Waals surface area contributed by atoms with Crippen LogP contribution in [0.1, 0.15) is 51.9 Å². The summed E-state index contributed by atoms with van der Waals surface area (Å²) in [6, 6.07) is 1.32. The molecule has 3 heteroatoms. The Morgan fingerprint density at radius 2 is 2.00 bits per heavy atom. The summed E-state index contributed by atoms with van der Waals surface area (Å²) in [5.41, 5.74) is 0. The van der Waals surface area contributed by atoms with Crippen molar-refractivity contribution in [2.24, 2.45) is 5.92 Å². The van der Waals surface area contributed by atoms with Gasteiger partial charge in [0.2, 0.25) is 0 Å². The van der Waals surface area contributed by atoms with Crippen molar-refractivity contribution in [3.05, 3.63) is 0 Å². The molecule has 2 N–H and O–H groups in total. The molecule has 0 aromatic heterocycles. The summed E-state index contributed by atoms with van der Waals surface area (Å²) in [4.78, 5) is 0. The highest BCUT2D eigenvalue weighted by atomic mass is 32.1. The van der Waals surface area contributed by atoms with Gasteiger partial charge in [-0.05, 0) is 43.8 Å². The summed E-state index contributed by atoms with van der Waals surface area (Å²) >= 11 is 5.32. The van der Waals surface area contributed by atoms with Crippen molar-refractivity contribution in [2.75, 3.05) is 0 Å². The fourth-order valence-corrected chi connectivity index (χ4v) is 2.90. The largest absolute Gasteiger partial charge is 0.360 e. The third-order valence-corrected chi connectivity index (χ3v) is 3.82. The van der Waals surface area contributed by atoms with Gasteiger partial charge in [-0.2, -0.15) is 0 Å². The van der Waals surface area contributed by atoms with Gasteiger partial charge in [0.15, 0.2) is 5.11 Å². The molecule has 0 aromatic carbocycles. The van der Waals surface area contributed by atoms with E-state index in [2.05, 4.69) is 17.6 Å². The summed E-state index contributed by atoms with van der Waals surface area (Å²) in [5.74, 6) is 0.887. The predicted molar refractivity (Wildman–Crippen MR) is 67.9 cm³/mol. The van der Waals surface area contributed by atoms with Crippen LogP contribution < -0.4 is 10.6 Å². The van der Waals surface area contributed by atoms with Gasteiger partial charge in [0, 0.05) is 12.1 Å². The van der Waals surface area contributed by atoms with Crippen LogP contribution in [0.2, 0.25) is 0 Å². The summed E-state index contributed by atoms with van der Waals surface area (Å²) in [5, 5.41) is 7.76. The van der Waals surface area contributed by atoms with Crippen molar-refractivity contribution in [1.82, 2.24) is 10.6 Å². The first-order valence-corrected chi connectivity index (χ1v) is 6.77. The van der Waals surface area contributed by atoms with Crippen LogP contribution in [-0.2, 0) is 0 Å². The number of nitrogens with one attached hydrogen (secondary N) is 2. The van der Waals surface area contributed by atoms with Crippen LogP contribution in [0, 0.1) is 5.92 Å². The first-order valence-electron chi connectivity index (χ1n) is 6.36. The van der Waals surface area contributed by atoms with Crippen molar-refractivity contribution >= 4 is 17.3 Å². The van der Waals surface area contributed by atoms with Gasteiger partial charge >= 0.3 is 0 Å². The van der Waals surface area contributed by atoms with E-state index in [9.17, 15) is 0 Å². The maximum Gasteiger partial charge on any atom is 0.166 e. The Labute approximate surface area is 98.2 Å². The number of rotatable bonds is 4. The molecule has 0 heterocycles. The zero-order valence-electron chi connectivity index (χ0n) is 9.59. The third kappa shape index (κ3) is 3.33. The molecule has 0 spiro atoms. The quantitative estimate of drug-likeness (QED) is 0.721. The minimum absolute atomic E-state index is 0.647. The van der Waals surface area contributed by atoms with E-state index in [1.807, 2.05) is 0 Å². The molecule has 2 nitrogen and oxygen atoms in total. The monoisotopic (exact) mass is 226 g/mol. The van der Waals surface area contributed by atoms with Gasteiger partial charge in [0.25, 0.3) is 0 Å². The lowest BCUT2D eigenvalue weighted by Crippen LogP contribution is -2.42. The van der Waals surface area contributed by atoms with Crippen LogP contribution in [0.15, 0.2) is 0 Å². The molecule has 0 aliphatic heterocycles. The van der Waals surface area contributed by atoms with E-state index in [1.54, 1.807) is 0 Å². The Kier molecular flexibility index (Phi) is 3.84. The second kappa shape index (κ2) is 5.15. The van der Waals surface area contributed by atoms with Crippen LogP contribution in [0.4, 0.5) is 0 Å². The van der Waals surface area contributed by atoms with E-state index in [0.29, 0.717) is 12.1 Å². The second-order valence-corrected chi connectivity index (χ2v) is 5.40. The maximum absolute atomic E-state index is 5.32. The molecule has 15 heavy (non-hydrogen) atoms. The molecule has 2 fully saturated rings. The molecule has 2 aliphatic carbocycles. The van der Waals surface area contributed by atoms with Crippen molar-refractivity contribution in [3.63, 3.8) is 0 Å². The topological polar surface area (TPSA) is 24.1 Å². The standard InChI is InChI=1S/C12H22N2S/c1-2-5-9-8-11(9)14-12(15)13-10-6-3-4-7-10/h9-11H,2-8H2,1H3,(H2,13,14,15). The van der Waals surface area contributed by atoms with E-state index < -0.39 is 0 Å². The number of thiocarbonyl (C=S) groups is 1. The molecular formula is C12H22N2S. The molecule has 0 aromatic rings. The molecule has 0 saturated heterocycles. The molecule has 2 aliphatic rings. The van der Waals surface area contributed by atoms with Crippen LogP contribution in [0.25, 0.3) is 0 Å². The molecule has 86 valence electrons. The molecule has 0 amide bonds. The highest BCUT2D eigenvalue weighted by Gasteiger charge is 2.36. The zero-order chi connectivity index (χ0) is 10.7. The van der Waals surface area contributed by atoms with Crippen molar-refractivity contribution in [1.29, 1.82) is 0 Å². The normalized spacial score (nSPS) is 30.2. The number of hydrogen-bond donors (Lipinski definition) is 2. The Bertz CT molecular complexity index is 224. The lowest BCUT2D eigenvalue weighted by Gasteiger charge is -2.15. The summed E-state index contributed by atoms with van der Waals surface area (Å²) < 4.78 is 0. The van der Waals surface area contributed by atoms with Gasteiger partial charge in [-0.15, -0.1) is 0 Å². The lowest BCUT2D eigenvalue weighted by atomic mass is 10.2. The first-order chi connectivity index (χ1) is 7.29. The average molecular weight is 226 g/mol. The molecule has 0 bridgehead atoms. The van der Waals surface area contributed by atoms with Gasteiger partial charge < -0.3 is 10.6 Å². The van der Waals surface area contributed by atoms with Gasteiger partial charge in [-0.3, -0.25) is 0 Å². The molecule has 2 rings (SSSR count). The molecule has 2 atom stereocenters. The molecule has 0 radical (unpaired) electrons. The molecule has 2 unspecified atom stereocenters. The van der Waals surface area contributed by atoms with E-state index in [0.717, 1.165) is 11.0 Å². The Morgan fingerprint density at radius 1 is 1.27 bits per heavy atom. The predicted octanol–water partition coefficient (Wildman–Crippen LogP) is 2.58. The SMILES string of the molecule is CCCC1CC1NC(=S)NC1CCCC1. The maximum atomic E-state index is 5.32. The van der Waals surface area contributed by atoms with Gasteiger partial charge in [0.1, 0.15) is 0 Å². The van der Waals surface area contributed by atoms with Crippen LogP contribution in [0.5, 0.6) is 0 Å². The minimum Gasteiger partial charge on any atom is -0.360 e. The van der Waals surface area contributed by atoms with Crippen LogP contribution in [-0.4, -0.2) is 17.2 Å². The number of hydrogen-bond acceptors (Lipinski definition) is 1. The van der Waals surface area contributed by atoms with Crippen molar-refractivity contribution in [2.45, 2.75) is 64.0 Å². The average Bonchev–Trinajstić information content (AvgIpc) is 2.73. The zero-order valence-corrected chi connectivity index (χ0v) is 10.4. The van der Waals surface area contributed by atoms with E-state index in [-0.39, 0.29) is 0 Å². The summed E-state index contributed by atoms with van der Waals surface area (Å²) in [6.07, 6.45) is 9.29. The van der Waals surface area contributed by atoms with E-state index in [4.69, 9.17) is 12.2 Å². The van der Waals surface area contributed by atoms with Gasteiger partial charge in [-0.25, -0.2) is 0 Å². The fourth-order valence-electron chi connectivity index (χ4n) is 2.58. The Balaban J connectivity index is 1.61.